The first-order chi connectivity index (χ1) is 8.38. The molecule has 0 aliphatic carbocycles. The number of nitrogens with one attached hydrogen (secondary N) is 1. The molecule has 1 aromatic rings. The molecule has 1 heterocycles. The fourth-order valence-electron chi connectivity index (χ4n) is 1.83. The lowest BCUT2D eigenvalue weighted by Crippen LogP contribution is -2.47. The SMILES string of the molecule is CCC(C(=O)NCC(C)(O)c1cccs1)N(C)C. The van der Waals surface area contributed by atoms with E-state index in [0.717, 1.165) is 11.3 Å². The number of hydrogen-bond acceptors (Lipinski definition) is 4. The Bertz CT molecular complexity index is 374. The Labute approximate surface area is 113 Å². The summed E-state index contributed by atoms with van der Waals surface area (Å²) in [7, 11) is 3.76. The van der Waals surface area contributed by atoms with E-state index in [9.17, 15) is 9.90 Å². The fraction of sp³-hybridized carbons (Fsp3) is 0.615. The van der Waals surface area contributed by atoms with Crippen LogP contribution in [-0.2, 0) is 10.4 Å². The maximum atomic E-state index is 12.0. The topological polar surface area (TPSA) is 52.6 Å². The van der Waals surface area contributed by atoms with Crippen LogP contribution in [0.5, 0.6) is 0 Å². The first-order valence-corrected chi connectivity index (χ1v) is 6.97. The Balaban J connectivity index is 2.57. The summed E-state index contributed by atoms with van der Waals surface area (Å²) < 4.78 is 0. The van der Waals surface area contributed by atoms with Gasteiger partial charge >= 0.3 is 0 Å². The summed E-state index contributed by atoms with van der Waals surface area (Å²) in [6.07, 6.45) is 0.750. The normalized spacial score (nSPS) is 16.3. The van der Waals surface area contributed by atoms with Crippen LogP contribution in [-0.4, -0.2) is 42.6 Å². The molecule has 4 nitrogen and oxygen atoms in total. The van der Waals surface area contributed by atoms with Gasteiger partial charge in [0.25, 0.3) is 0 Å². The van der Waals surface area contributed by atoms with Gasteiger partial charge in [-0.3, -0.25) is 9.69 Å². The molecule has 2 unspecified atom stereocenters. The number of likely N-dealkylation sites (N-methyl/N-ethyl adjacent to an activating group) is 1. The lowest BCUT2D eigenvalue weighted by atomic mass is 10.0. The molecule has 5 heteroatoms. The van der Waals surface area contributed by atoms with Crippen molar-refractivity contribution in [2.45, 2.75) is 31.9 Å². The zero-order valence-electron chi connectivity index (χ0n) is 11.4. The number of thiophene rings is 1. The quantitative estimate of drug-likeness (QED) is 0.822. The minimum absolute atomic E-state index is 0.0423. The molecule has 2 atom stereocenters. The molecule has 1 amide bonds. The van der Waals surface area contributed by atoms with Crippen LogP contribution in [0, 0.1) is 0 Å². The van der Waals surface area contributed by atoms with E-state index in [-0.39, 0.29) is 18.5 Å². The van der Waals surface area contributed by atoms with Crippen molar-refractivity contribution in [2.75, 3.05) is 20.6 Å². The van der Waals surface area contributed by atoms with Crippen LogP contribution in [0.2, 0.25) is 0 Å². The van der Waals surface area contributed by atoms with Crippen molar-refractivity contribution in [3.63, 3.8) is 0 Å². The number of nitrogens with zero attached hydrogens (tertiary/aromatic N) is 1. The molecule has 0 bridgehead atoms. The van der Waals surface area contributed by atoms with E-state index in [1.165, 1.54) is 11.3 Å². The maximum absolute atomic E-state index is 12.0. The van der Waals surface area contributed by atoms with Gasteiger partial charge in [-0.2, -0.15) is 0 Å². The molecule has 0 aliphatic heterocycles. The second-order valence-electron chi connectivity index (χ2n) is 4.86. The molecule has 0 saturated heterocycles. The van der Waals surface area contributed by atoms with Crippen molar-refractivity contribution >= 4 is 17.2 Å². The van der Waals surface area contributed by atoms with E-state index in [1.54, 1.807) is 6.92 Å². The van der Waals surface area contributed by atoms with Crippen LogP contribution in [0.4, 0.5) is 0 Å². The number of aliphatic hydroxyl groups is 1. The predicted octanol–water partition coefficient (Wildman–Crippen LogP) is 1.41. The lowest BCUT2D eigenvalue weighted by Gasteiger charge is -2.26. The molecule has 0 radical (unpaired) electrons. The van der Waals surface area contributed by atoms with Gasteiger partial charge in [-0.25, -0.2) is 0 Å². The minimum atomic E-state index is -1.01. The van der Waals surface area contributed by atoms with Gasteiger partial charge in [0, 0.05) is 4.88 Å². The van der Waals surface area contributed by atoms with E-state index >= 15 is 0 Å². The highest BCUT2D eigenvalue weighted by molar-refractivity contribution is 7.10. The highest BCUT2D eigenvalue weighted by atomic mass is 32.1. The Morgan fingerprint density at radius 1 is 1.61 bits per heavy atom. The van der Waals surface area contributed by atoms with E-state index in [1.807, 2.05) is 43.4 Å². The van der Waals surface area contributed by atoms with Gasteiger partial charge in [0.2, 0.25) is 5.91 Å². The molecule has 102 valence electrons. The van der Waals surface area contributed by atoms with Crippen LogP contribution in [0.3, 0.4) is 0 Å². The molecular weight excluding hydrogens is 248 g/mol. The summed E-state index contributed by atoms with van der Waals surface area (Å²) in [6, 6.07) is 3.62. The van der Waals surface area contributed by atoms with Crippen LogP contribution < -0.4 is 5.32 Å². The first kappa shape index (κ1) is 15.1. The molecule has 0 aromatic carbocycles. The molecule has 0 spiro atoms. The number of amides is 1. The Hall–Kier alpha value is -0.910. The van der Waals surface area contributed by atoms with E-state index in [2.05, 4.69) is 5.32 Å². The second kappa shape index (κ2) is 6.31. The van der Waals surface area contributed by atoms with Gasteiger partial charge in [-0.05, 0) is 38.9 Å². The fourth-order valence-corrected chi connectivity index (χ4v) is 2.62. The van der Waals surface area contributed by atoms with Gasteiger partial charge in [0.15, 0.2) is 0 Å². The molecule has 0 fully saturated rings. The van der Waals surface area contributed by atoms with Gasteiger partial charge in [0.05, 0.1) is 12.6 Å². The number of carbonyl (C=O) groups excluding carboxylic acids is 1. The molecule has 0 aliphatic rings. The van der Waals surface area contributed by atoms with E-state index in [0.29, 0.717) is 0 Å². The van der Waals surface area contributed by atoms with Crippen molar-refractivity contribution in [2.24, 2.45) is 0 Å². The largest absolute Gasteiger partial charge is 0.383 e. The lowest BCUT2D eigenvalue weighted by molar-refractivity contribution is -0.126. The van der Waals surface area contributed by atoms with Crippen LogP contribution in [0.15, 0.2) is 17.5 Å². The Kier molecular flexibility index (Phi) is 5.31. The molecule has 2 N–H and O–H groups in total. The third-order valence-corrected chi connectivity index (χ3v) is 4.09. The predicted molar refractivity (Wildman–Crippen MR) is 74.7 cm³/mol. The van der Waals surface area contributed by atoms with Crippen LogP contribution in [0.1, 0.15) is 25.1 Å². The number of rotatable bonds is 6. The highest BCUT2D eigenvalue weighted by Crippen LogP contribution is 2.24. The smallest absolute Gasteiger partial charge is 0.237 e. The van der Waals surface area contributed by atoms with Crippen molar-refractivity contribution in [1.29, 1.82) is 0 Å². The molecule has 1 aromatic heterocycles. The summed E-state index contributed by atoms with van der Waals surface area (Å²) in [6.45, 7) is 3.92. The summed E-state index contributed by atoms with van der Waals surface area (Å²) >= 11 is 1.49. The summed E-state index contributed by atoms with van der Waals surface area (Å²) in [5.41, 5.74) is -1.01. The molecule has 18 heavy (non-hydrogen) atoms. The highest BCUT2D eigenvalue weighted by Gasteiger charge is 2.26. The minimum Gasteiger partial charge on any atom is -0.383 e. The van der Waals surface area contributed by atoms with Gasteiger partial charge < -0.3 is 10.4 Å². The second-order valence-corrected chi connectivity index (χ2v) is 5.80. The maximum Gasteiger partial charge on any atom is 0.237 e. The van der Waals surface area contributed by atoms with Crippen molar-refractivity contribution in [3.8, 4) is 0 Å². The monoisotopic (exact) mass is 270 g/mol. The summed E-state index contributed by atoms with van der Waals surface area (Å²) in [5.74, 6) is -0.0423. The third-order valence-electron chi connectivity index (χ3n) is 2.97. The van der Waals surface area contributed by atoms with E-state index in [4.69, 9.17) is 0 Å². The Morgan fingerprint density at radius 2 is 2.28 bits per heavy atom. The Morgan fingerprint density at radius 3 is 2.72 bits per heavy atom. The van der Waals surface area contributed by atoms with Crippen LogP contribution in [0.25, 0.3) is 0 Å². The van der Waals surface area contributed by atoms with Gasteiger partial charge in [0.1, 0.15) is 5.60 Å². The third kappa shape index (κ3) is 3.80. The zero-order chi connectivity index (χ0) is 13.8. The van der Waals surface area contributed by atoms with Gasteiger partial charge in [-0.15, -0.1) is 11.3 Å². The number of hydrogen-bond donors (Lipinski definition) is 2. The average Bonchev–Trinajstić information content (AvgIpc) is 2.81. The summed E-state index contributed by atoms with van der Waals surface area (Å²) in [5, 5.41) is 15.0. The van der Waals surface area contributed by atoms with Crippen molar-refractivity contribution in [3.05, 3.63) is 22.4 Å². The van der Waals surface area contributed by atoms with Crippen molar-refractivity contribution in [1.82, 2.24) is 10.2 Å². The zero-order valence-corrected chi connectivity index (χ0v) is 12.3. The van der Waals surface area contributed by atoms with Crippen LogP contribution >= 0.6 is 11.3 Å². The summed E-state index contributed by atoms with van der Waals surface area (Å²) in [4.78, 5) is 14.7. The standard InChI is InChI=1S/C13H22N2O2S/c1-5-10(15(3)4)12(16)14-9-13(2,17)11-7-6-8-18-11/h6-8,10,17H,5,9H2,1-4H3,(H,14,16). The average molecular weight is 270 g/mol. The molecule has 1 rings (SSSR count). The first-order valence-electron chi connectivity index (χ1n) is 6.09. The number of carbonyl (C=O) groups is 1. The van der Waals surface area contributed by atoms with Crippen molar-refractivity contribution < 1.29 is 9.90 Å². The van der Waals surface area contributed by atoms with E-state index < -0.39 is 5.60 Å². The van der Waals surface area contributed by atoms with Gasteiger partial charge in [-0.1, -0.05) is 13.0 Å². The molecular formula is C13H22N2O2S. The molecule has 0 saturated carbocycles.